The molecule has 0 aromatic heterocycles. The molecule has 28 heavy (non-hydrogen) atoms. The monoisotopic (exact) mass is 384 g/mol. The van der Waals surface area contributed by atoms with Crippen molar-refractivity contribution in [3.8, 4) is 17.2 Å². The van der Waals surface area contributed by atoms with Crippen LogP contribution in [0.1, 0.15) is 19.4 Å². The molecule has 2 amide bonds. The molecule has 0 unspecified atom stereocenters. The smallest absolute Gasteiger partial charge is 0.239 e. The number of nitrogens with one attached hydrogen (secondary N) is 2. The van der Waals surface area contributed by atoms with E-state index in [0.717, 1.165) is 11.3 Å². The minimum Gasteiger partial charge on any atom is -0.497 e. The summed E-state index contributed by atoms with van der Waals surface area (Å²) >= 11 is 0. The summed E-state index contributed by atoms with van der Waals surface area (Å²) in [6, 6.07) is 12.5. The summed E-state index contributed by atoms with van der Waals surface area (Å²) < 4.78 is 16.1. The fraction of sp³-hybridized carbons (Fsp3) is 0.333. The van der Waals surface area contributed by atoms with Crippen LogP contribution in [0, 0.1) is 5.41 Å². The molecule has 0 atom stereocenters. The third-order valence-electron chi connectivity index (χ3n) is 4.55. The maximum absolute atomic E-state index is 12.7. The number of carbonyl (C=O) groups is 2. The molecule has 0 saturated heterocycles. The van der Waals surface area contributed by atoms with Crippen LogP contribution in [-0.2, 0) is 16.1 Å². The van der Waals surface area contributed by atoms with Crippen molar-refractivity contribution in [2.45, 2.75) is 20.4 Å². The first-order valence-corrected chi connectivity index (χ1v) is 9.02. The zero-order valence-electron chi connectivity index (χ0n) is 16.2. The molecular weight excluding hydrogens is 360 g/mol. The van der Waals surface area contributed by atoms with Gasteiger partial charge in [0.1, 0.15) is 24.4 Å². The van der Waals surface area contributed by atoms with Gasteiger partial charge in [0, 0.05) is 18.3 Å². The molecule has 148 valence electrons. The molecule has 0 saturated carbocycles. The van der Waals surface area contributed by atoms with Crippen LogP contribution in [0.2, 0.25) is 0 Å². The first-order valence-electron chi connectivity index (χ1n) is 9.02. The second-order valence-electron chi connectivity index (χ2n) is 6.97. The number of carbonyl (C=O) groups excluding carboxylic acids is 2. The first-order chi connectivity index (χ1) is 13.4. The molecular formula is C21H24N2O5. The third kappa shape index (κ3) is 4.36. The predicted molar refractivity (Wildman–Crippen MR) is 105 cm³/mol. The van der Waals surface area contributed by atoms with Gasteiger partial charge >= 0.3 is 0 Å². The molecule has 2 aromatic rings. The van der Waals surface area contributed by atoms with E-state index < -0.39 is 11.3 Å². The van der Waals surface area contributed by atoms with Crippen molar-refractivity contribution in [1.82, 2.24) is 5.32 Å². The molecule has 2 N–H and O–H groups in total. The Bertz CT molecular complexity index is 862. The quantitative estimate of drug-likeness (QED) is 0.748. The summed E-state index contributed by atoms with van der Waals surface area (Å²) in [5.41, 5.74) is 0.210. The fourth-order valence-electron chi connectivity index (χ4n) is 2.66. The Morgan fingerprint density at radius 1 is 1.00 bits per heavy atom. The zero-order chi connectivity index (χ0) is 20.1. The van der Waals surface area contributed by atoms with Crippen LogP contribution in [0.5, 0.6) is 17.2 Å². The van der Waals surface area contributed by atoms with E-state index in [4.69, 9.17) is 14.2 Å². The van der Waals surface area contributed by atoms with Crippen LogP contribution in [-0.4, -0.2) is 32.1 Å². The van der Waals surface area contributed by atoms with Gasteiger partial charge in [-0.15, -0.1) is 0 Å². The third-order valence-corrected chi connectivity index (χ3v) is 4.55. The van der Waals surface area contributed by atoms with Gasteiger partial charge in [-0.2, -0.15) is 0 Å². The highest BCUT2D eigenvalue weighted by molar-refractivity contribution is 6.09. The second kappa shape index (κ2) is 8.21. The van der Waals surface area contributed by atoms with Crippen LogP contribution >= 0.6 is 0 Å². The maximum Gasteiger partial charge on any atom is 0.239 e. The van der Waals surface area contributed by atoms with E-state index in [0.29, 0.717) is 36.9 Å². The van der Waals surface area contributed by atoms with Gasteiger partial charge in [0.15, 0.2) is 11.5 Å². The molecule has 0 bridgehead atoms. The zero-order valence-corrected chi connectivity index (χ0v) is 16.2. The highest BCUT2D eigenvalue weighted by Crippen LogP contribution is 2.33. The fourth-order valence-corrected chi connectivity index (χ4v) is 2.66. The van der Waals surface area contributed by atoms with Crippen molar-refractivity contribution in [2.75, 3.05) is 25.6 Å². The standard InChI is InChI=1S/C21H24N2O5/c1-21(2,19(24)22-13-14-4-7-16(26-3)8-5-14)20(25)23-15-6-9-17-18(12-15)28-11-10-27-17/h4-9,12H,10-11,13H2,1-3H3,(H,22,24)(H,23,25). The van der Waals surface area contributed by atoms with Crippen molar-refractivity contribution in [3.05, 3.63) is 48.0 Å². The molecule has 0 aliphatic carbocycles. The minimum absolute atomic E-state index is 0.323. The predicted octanol–water partition coefficient (Wildman–Crippen LogP) is 2.75. The number of fused-ring (bicyclic) bond motifs is 1. The molecule has 2 aromatic carbocycles. The van der Waals surface area contributed by atoms with E-state index >= 15 is 0 Å². The van der Waals surface area contributed by atoms with Gasteiger partial charge in [-0.05, 0) is 43.7 Å². The second-order valence-corrected chi connectivity index (χ2v) is 6.97. The van der Waals surface area contributed by atoms with Crippen molar-refractivity contribution >= 4 is 17.5 Å². The normalized spacial score (nSPS) is 12.8. The van der Waals surface area contributed by atoms with Gasteiger partial charge in [-0.25, -0.2) is 0 Å². The van der Waals surface area contributed by atoms with Gasteiger partial charge in [-0.3, -0.25) is 9.59 Å². The number of amides is 2. The Morgan fingerprint density at radius 3 is 2.36 bits per heavy atom. The van der Waals surface area contributed by atoms with E-state index in [2.05, 4.69) is 10.6 Å². The van der Waals surface area contributed by atoms with E-state index in [1.54, 1.807) is 39.2 Å². The Morgan fingerprint density at radius 2 is 1.68 bits per heavy atom. The molecule has 0 radical (unpaired) electrons. The van der Waals surface area contributed by atoms with Crippen LogP contribution < -0.4 is 24.8 Å². The summed E-state index contributed by atoms with van der Waals surface area (Å²) in [6.45, 7) is 4.46. The summed E-state index contributed by atoms with van der Waals surface area (Å²) in [7, 11) is 1.60. The average molecular weight is 384 g/mol. The summed E-state index contributed by atoms with van der Waals surface area (Å²) in [5, 5.41) is 5.58. The summed E-state index contributed by atoms with van der Waals surface area (Å²) in [4.78, 5) is 25.3. The molecule has 1 heterocycles. The molecule has 1 aliphatic heterocycles. The highest BCUT2D eigenvalue weighted by Gasteiger charge is 2.36. The van der Waals surface area contributed by atoms with E-state index in [9.17, 15) is 9.59 Å². The summed E-state index contributed by atoms with van der Waals surface area (Å²) in [5.74, 6) is 1.19. The van der Waals surface area contributed by atoms with Gasteiger partial charge in [0.05, 0.1) is 7.11 Å². The lowest BCUT2D eigenvalue weighted by atomic mass is 9.90. The number of hydrogen-bond donors (Lipinski definition) is 2. The number of rotatable bonds is 6. The number of anilines is 1. The van der Waals surface area contributed by atoms with Gasteiger partial charge in [0.2, 0.25) is 11.8 Å². The lowest BCUT2D eigenvalue weighted by Crippen LogP contribution is -2.44. The van der Waals surface area contributed by atoms with Gasteiger partial charge < -0.3 is 24.8 Å². The number of benzene rings is 2. The highest BCUT2D eigenvalue weighted by atomic mass is 16.6. The maximum atomic E-state index is 12.7. The Kier molecular flexibility index (Phi) is 5.73. The van der Waals surface area contributed by atoms with Crippen molar-refractivity contribution in [2.24, 2.45) is 5.41 Å². The van der Waals surface area contributed by atoms with Crippen LogP contribution in [0.25, 0.3) is 0 Å². The SMILES string of the molecule is COc1ccc(CNC(=O)C(C)(C)C(=O)Nc2ccc3c(c2)OCCO3)cc1. The number of ether oxygens (including phenoxy) is 3. The Hall–Kier alpha value is -3.22. The number of methoxy groups -OCH3 is 1. The van der Waals surface area contributed by atoms with E-state index in [1.165, 1.54) is 0 Å². The van der Waals surface area contributed by atoms with Gasteiger partial charge in [-0.1, -0.05) is 12.1 Å². The topological polar surface area (TPSA) is 85.9 Å². The largest absolute Gasteiger partial charge is 0.497 e. The Balaban J connectivity index is 1.60. The van der Waals surface area contributed by atoms with Crippen molar-refractivity contribution in [3.63, 3.8) is 0 Å². The first kappa shape index (κ1) is 19.5. The molecule has 0 spiro atoms. The minimum atomic E-state index is -1.25. The van der Waals surface area contributed by atoms with Crippen LogP contribution in [0.4, 0.5) is 5.69 Å². The number of hydrogen-bond acceptors (Lipinski definition) is 5. The Labute approximate surface area is 164 Å². The molecule has 3 rings (SSSR count). The lowest BCUT2D eigenvalue weighted by molar-refractivity contribution is -0.138. The molecule has 7 heteroatoms. The van der Waals surface area contributed by atoms with Crippen molar-refractivity contribution < 1.29 is 23.8 Å². The molecule has 7 nitrogen and oxygen atoms in total. The van der Waals surface area contributed by atoms with Crippen LogP contribution in [0.15, 0.2) is 42.5 Å². The van der Waals surface area contributed by atoms with Crippen molar-refractivity contribution in [1.29, 1.82) is 0 Å². The molecule has 1 aliphatic rings. The van der Waals surface area contributed by atoms with Gasteiger partial charge in [0.25, 0.3) is 0 Å². The van der Waals surface area contributed by atoms with Crippen LogP contribution in [0.3, 0.4) is 0 Å². The van der Waals surface area contributed by atoms with E-state index in [1.807, 2.05) is 24.3 Å². The summed E-state index contributed by atoms with van der Waals surface area (Å²) in [6.07, 6.45) is 0. The lowest BCUT2D eigenvalue weighted by Gasteiger charge is -2.24. The average Bonchev–Trinajstić information content (AvgIpc) is 2.72. The molecule has 0 fully saturated rings. The van der Waals surface area contributed by atoms with E-state index in [-0.39, 0.29) is 5.91 Å².